The predicted molar refractivity (Wildman–Crippen MR) is 114 cm³/mol. The van der Waals surface area contributed by atoms with Crippen molar-refractivity contribution in [3.63, 3.8) is 0 Å². The largest absolute Gasteiger partial charge is 0.467 e. The first-order chi connectivity index (χ1) is 15.7. The minimum Gasteiger partial charge on any atom is -0.467 e. The molecule has 0 saturated heterocycles. The fourth-order valence-electron chi connectivity index (χ4n) is 4.44. The number of rotatable bonds is 4. The molecule has 0 aromatic carbocycles. The Hall–Kier alpha value is -3.28. The van der Waals surface area contributed by atoms with Gasteiger partial charge < -0.3 is 20.8 Å². The van der Waals surface area contributed by atoms with Crippen molar-refractivity contribution >= 4 is 34.0 Å². The molecule has 3 aromatic rings. The number of amides is 2. The Morgan fingerprint density at radius 1 is 1.30 bits per heavy atom. The number of primary amides is 1. The van der Waals surface area contributed by atoms with Crippen molar-refractivity contribution in [2.24, 2.45) is 5.73 Å². The van der Waals surface area contributed by atoms with E-state index in [-0.39, 0.29) is 23.5 Å². The smallest absolute Gasteiger partial charge is 0.410 e. The third kappa shape index (κ3) is 3.88. The molecule has 33 heavy (non-hydrogen) atoms. The molecule has 5 rings (SSSR count). The molecule has 2 amide bonds. The third-order valence-corrected chi connectivity index (χ3v) is 7.16. The number of alkyl halides is 3. The molecule has 0 bridgehead atoms. The van der Waals surface area contributed by atoms with Gasteiger partial charge in [0.2, 0.25) is 0 Å². The molecule has 4 heterocycles. The summed E-state index contributed by atoms with van der Waals surface area (Å²) in [5, 5.41) is 9.86. The number of aromatic nitrogens is 2. The molecule has 0 unspecified atom stereocenters. The lowest BCUT2D eigenvalue weighted by Gasteiger charge is -2.32. The van der Waals surface area contributed by atoms with Crippen LogP contribution in [-0.4, -0.2) is 27.8 Å². The van der Waals surface area contributed by atoms with Crippen molar-refractivity contribution in [1.82, 2.24) is 9.78 Å². The highest BCUT2D eigenvalue weighted by atomic mass is 32.1. The second-order valence-corrected chi connectivity index (χ2v) is 9.20. The van der Waals surface area contributed by atoms with Crippen LogP contribution in [0.5, 0.6) is 0 Å². The van der Waals surface area contributed by atoms with Gasteiger partial charge in [-0.1, -0.05) is 0 Å². The molecule has 12 heteroatoms. The number of carbonyl (C=O) groups excluding carboxylic acids is 2. The van der Waals surface area contributed by atoms with E-state index in [1.54, 1.807) is 12.1 Å². The molecule has 0 spiro atoms. The third-order valence-electron chi connectivity index (χ3n) is 5.95. The lowest BCUT2D eigenvalue weighted by molar-refractivity contribution is -0.174. The Morgan fingerprint density at radius 2 is 2.09 bits per heavy atom. The van der Waals surface area contributed by atoms with Gasteiger partial charge in [-0.3, -0.25) is 9.59 Å². The van der Waals surface area contributed by atoms with E-state index < -0.39 is 30.1 Å². The molecule has 0 radical (unpaired) electrons. The minimum absolute atomic E-state index is 0.0516. The van der Waals surface area contributed by atoms with E-state index in [0.29, 0.717) is 17.2 Å². The lowest BCUT2D eigenvalue weighted by atomic mass is 9.95. The number of fused-ring (bicyclic) bond motifs is 2. The number of nitrogens with two attached hydrogens (primary N) is 1. The number of aryl methyl sites for hydroxylation is 1. The van der Waals surface area contributed by atoms with Gasteiger partial charge in [-0.2, -0.15) is 18.3 Å². The van der Waals surface area contributed by atoms with Crippen LogP contribution in [0.3, 0.4) is 0 Å². The molecule has 0 saturated carbocycles. The first-order valence-corrected chi connectivity index (χ1v) is 11.3. The van der Waals surface area contributed by atoms with Crippen molar-refractivity contribution in [3.8, 4) is 0 Å². The van der Waals surface area contributed by atoms with Crippen LogP contribution in [0.2, 0.25) is 0 Å². The van der Waals surface area contributed by atoms with Crippen LogP contribution in [0, 0.1) is 0 Å². The lowest BCUT2D eigenvalue weighted by Crippen LogP contribution is -2.35. The molecule has 174 valence electrons. The van der Waals surface area contributed by atoms with Crippen LogP contribution >= 0.6 is 11.3 Å². The van der Waals surface area contributed by atoms with Gasteiger partial charge in [0.25, 0.3) is 11.8 Å². The zero-order valence-electron chi connectivity index (χ0n) is 17.2. The van der Waals surface area contributed by atoms with Crippen molar-refractivity contribution in [2.45, 2.75) is 50.4 Å². The van der Waals surface area contributed by atoms with Crippen molar-refractivity contribution < 1.29 is 27.2 Å². The zero-order chi connectivity index (χ0) is 23.3. The highest BCUT2D eigenvalue weighted by Crippen LogP contribution is 2.44. The molecule has 3 aromatic heterocycles. The molecular weight excluding hydrogens is 459 g/mol. The number of nitrogens with one attached hydrogen (secondary N) is 2. The highest BCUT2D eigenvalue weighted by Gasteiger charge is 2.47. The standard InChI is InChI=1S/C21H20F3N5O3S/c22-21(23,24)15-8-11(13-5-3-7-32-13)26-16-9-12(28-29(15)16)19(31)27-20-17(18(25)30)10-4-1-2-6-14(10)33-20/h3,5,7,9,11,15,26H,1-2,4,6,8H2,(H2,25,30)(H,27,31)/t11-,15+/m1/s1. The van der Waals surface area contributed by atoms with Crippen molar-refractivity contribution in [2.75, 3.05) is 10.6 Å². The van der Waals surface area contributed by atoms with Crippen LogP contribution in [0.15, 0.2) is 28.9 Å². The number of halogens is 3. The number of thiophene rings is 1. The number of nitrogens with zero attached hydrogens (tertiary/aromatic N) is 2. The first kappa shape index (κ1) is 21.6. The first-order valence-electron chi connectivity index (χ1n) is 10.4. The van der Waals surface area contributed by atoms with E-state index in [9.17, 15) is 22.8 Å². The number of hydrogen-bond donors (Lipinski definition) is 3. The van der Waals surface area contributed by atoms with E-state index in [0.717, 1.165) is 34.4 Å². The maximum atomic E-state index is 13.8. The number of anilines is 2. The topological polar surface area (TPSA) is 115 Å². The van der Waals surface area contributed by atoms with Crippen LogP contribution in [0.25, 0.3) is 0 Å². The molecule has 0 fully saturated rings. The predicted octanol–water partition coefficient (Wildman–Crippen LogP) is 4.43. The summed E-state index contributed by atoms with van der Waals surface area (Å²) in [4.78, 5) is 26.0. The van der Waals surface area contributed by atoms with E-state index in [1.165, 1.54) is 23.7 Å². The van der Waals surface area contributed by atoms with Gasteiger partial charge in [-0.05, 0) is 43.4 Å². The Labute approximate surface area is 189 Å². The van der Waals surface area contributed by atoms with Gasteiger partial charge in [0.05, 0.1) is 17.9 Å². The maximum absolute atomic E-state index is 13.8. The van der Waals surface area contributed by atoms with Crippen LogP contribution < -0.4 is 16.4 Å². The summed E-state index contributed by atoms with van der Waals surface area (Å²) in [5.41, 5.74) is 6.48. The van der Waals surface area contributed by atoms with Crippen LogP contribution in [0.4, 0.5) is 24.0 Å². The number of carbonyl (C=O) groups is 2. The summed E-state index contributed by atoms with van der Waals surface area (Å²) >= 11 is 1.28. The average Bonchev–Trinajstić information content (AvgIpc) is 3.49. The second kappa shape index (κ2) is 7.94. The molecule has 2 aliphatic rings. The van der Waals surface area contributed by atoms with Gasteiger partial charge in [-0.25, -0.2) is 4.68 Å². The number of hydrogen-bond acceptors (Lipinski definition) is 6. The summed E-state index contributed by atoms with van der Waals surface area (Å²) < 4.78 is 47.4. The van der Waals surface area contributed by atoms with E-state index >= 15 is 0 Å². The second-order valence-electron chi connectivity index (χ2n) is 8.10. The van der Waals surface area contributed by atoms with Gasteiger partial charge in [0.1, 0.15) is 16.6 Å². The summed E-state index contributed by atoms with van der Waals surface area (Å²) in [6, 6.07) is 1.80. The fraction of sp³-hybridized carbons (Fsp3) is 0.381. The molecular formula is C21H20F3N5O3S. The summed E-state index contributed by atoms with van der Waals surface area (Å²) in [5.74, 6) is -0.946. The normalized spacial score (nSPS) is 20.0. The quantitative estimate of drug-likeness (QED) is 0.512. The monoisotopic (exact) mass is 479 g/mol. The Bertz CT molecular complexity index is 1210. The average molecular weight is 479 g/mol. The van der Waals surface area contributed by atoms with Gasteiger partial charge in [-0.15, -0.1) is 11.3 Å². The number of furan rings is 1. The Balaban J connectivity index is 1.46. The molecule has 4 N–H and O–H groups in total. The van der Waals surface area contributed by atoms with E-state index in [2.05, 4.69) is 15.7 Å². The van der Waals surface area contributed by atoms with E-state index in [1.807, 2.05) is 0 Å². The highest BCUT2D eigenvalue weighted by molar-refractivity contribution is 7.17. The van der Waals surface area contributed by atoms with Gasteiger partial charge in [0, 0.05) is 17.4 Å². The Morgan fingerprint density at radius 3 is 2.79 bits per heavy atom. The molecule has 1 aliphatic carbocycles. The minimum atomic E-state index is -4.58. The van der Waals surface area contributed by atoms with Gasteiger partial charge >= 0.3 is 6.18 Å². The summed E-state index contributed by atoms with van der Waals surface area (Å²) in [7, 11) is 0. The van der Waals surface area contributed by atoms with Crippen LogP contribution in [-0.2, 0) is 12.8 Å². The van der Waals surface area contributed by atoms with Crippen molar-refractivity contribution in [3.05, 3.63) is 51.9 Å². The maximum Gasteiger partial charge on any atom is 0.410 e. The van der Waals surface area contributed by atoms with Crippen LogP contribution in [0.1, 0.15) is 68.4 Å². The molecule has 1 aliphatic heterocycles. The molecule has 8 nitrogen and oxygen atoms in total. The molecule has 2 atom stereocenters. The fourth-order valence-corrected chi connectivity index (χ4v) is 5.73. The SMILES string of the molecule is NC(=O)c1c(NC(=O)c2cc3n(n2)[C@H](C(F)(F)F)C[C@H](c2ccco2)N3)sc2c1CCCC2. The van der Waals surface area contributed by atoms with Gasteiger partial charge in [0.15, 0.2) is 11.7 Å². The summed E-state index contributed by atoms with van der Waals surface area (Å²) in [6.45, 7) is 0. The zero-order valence-corrected chi connectivity index (χ0v) is 18.1. The summed E-state index contributed by atoms with van der Waals surface area (Å²) in [6.07, 6.45) is -0.129. The van der Waals surface area contributed by atoms with Crippen molar-refractivity contribution in [1.29, 1.82) is 0 Å². The Kier molecular flexibility index (Phi) is 5.19. The van der Waals surface area contributed by atoms with E-state index in [4.69, 9.17) is 10.2 Å².